The third-order valence-corrected chi connectivity index (χ3v) is 4.61. The van der Waals surface area contributed by atoms with Gasteiger partial charge in [0.2, 0.25) is 0 Å². The predicted molar refractivity (Wildman–Crippen MR) is 99.9 cm³/mol. The van der Waals surface area contributed by atoms with Crippen LogP contribution in [0.3, 0.4) is 0 Å². The van der Waals surface area contributed by atoms with E-state index in [1.54, 1.807) is 6.20 Å². The van der Waals surface area contributed by atoms with Gasteiger partial charge in [-0.2, -0.15) is 5.26 Å². The van der Waals surface area contributed by atoms with Crippen LogP contribution in [-0.4, -0.2) is 9.97 Å². The molecule has 24 heavy (non-hydrogen) atoms. The van der Waals surface area contributed by atoms with Gasteiger partial charge in [-0.3, -0.25) is 4.98 Å². The number of pyridine rings is 2. The van der Waals surface area contributed by atoms with Crippen molar-refractivity contribution in [3.05, 3.63) is 69.8 Å². The lowest BCUT2D eigenvalue weighted by Crippen LogP contribution is -1.93. The van der Waals surface area contributed by atoms with Crippen molar-refractivity contribution in [1.29, 1.82) is 5.26 Å². The molecule has 0 bridgehead atoms. The van der Waals surface area contributed by atoms with Crippen LogP contribution in [0.15, 0.2) is 59.2 Å². The zero-order valence-corrected chi connectivity index (χ0v) is 14.6. The van der Waals surface area contributed by atoms with Gasteiger partial charge in [-0.05, 0) is 36.4 Å². The van der Waals surface area contributed by atoms with Gasteiger partial charge in [-0.25, -0.2) is 4.98 Å². The van der Waals surface area contributed by atoms with Crippen molar-refractivity contribution < 1.29 is 0 Å². The first-order chi connectivity index (χ1) is 11.7. The Morgan fingerprint density at radius 1 is 1.04 bits per heavy atom. The minimum Gasteiger partial charge on any atom is -0.255 e. The molecule has 0 saturated carbocycles. The molecule has 0 amide bonds. The minimum absolute atomic E-state index is 0.521. The predicted octanol–water partition coefficient (Wildman–Crippen LogP) is 5.74. The summed E-state index contributed by atoms with van der Waals surface area (Å²) < 4.78 is 0.979. The number of rotatable bonds is 1. The molecule has 2 aromatic heterocycles. The lowest BCUT2D eigenvalue weighted by molar-refractivity contribution is 1.35. The number of fused-ring (bicyclic) bond motifs is 3. The molecule has 0 radical (unpaired) electrons. The average molecular weight is 395 g/mol. The molecule has 3 nitrogen and oxygen atoms in total. The van der Waals surface area contributed by atoms with E-state index in [0.29, 0.717) is 16.3 Å². The molecule has 0 unspecified atom stereocenters. The van der Waals surface area contributed by atoms with Gasteiger partial charge < -0.3 is 0 Å². The second-order valence-electron chi connectivity index (χ2n) is 5.36. The number of aromatic nitrogens is 2. The topological polar surface area (TPSA) is 49.6 Å². The molecular weight excluding hydrogens is 386 g/mol. The first-order valence-corrected chi connectivity index (χ1v) is 8.38. The number of hydrogen-bond donors (Lipinski definition) is 0. The van der Waals surface area contributed by atoms with E-state index in [2.05, 4.69) is 27.0 Å². The third-order valence-electron chi connectivity index (χ3n) is 3.85. The fourth-order valence-electron chi connectivity index (χ4n) is 2.71. The van der Waals surface area contributed by atoms with Crippen molar-refractivity contribution in [2.24, 2.45) is 0 Å². The lowest BCUT2D eigenvalue weighted by atomic mass is 10.0. The van der Waals surface area contributed by atoms with Crippen LogP contribution in [0.2, 0.25) is 5.02 Å². The molecule has 0 fully saturated rings. The van der Waals surface area contributed by atoms with Crippen LogP contribution in [0.5, 0.6) is 0 Å². The monoisotopic (exact) mass is 393 g/mol. The number of hydrogen-bond acceptors (Lipinski definition) is 3. The van der Waals surface area contributed by atoms with E-state index in [0.717, 1.165) is 31.8 Å². The van der Waals surface area contributed by atoms with E-state index >= 15 is 0 Å². The zero-order valence-electron chi connectivity index (χ0n) is 12.3. The van der Waals surface area contributed by atoms with Crippen LogP contribution in [0.25, 0.3) is 33.1 Å². The van der Waals surface area contributed by atoms with E-state index in [4.69, 9.17) is 16.6 Å². The highest BCUT2D eigenvalue weighted by Crippen LogP contribution is 2.30. The van der Waals surface area contributed by atoms with E-state index in [1.165, 1.54) is 0 Å². The maximum absolute atomic E-state index is 9.51. The maximum atomic E-state index is 9.51. The zero-order chi connectivity index (χ0) is 16.7. The van der Waals surface area contributed by atoms with Crippen LogP contribution in [-0.2, 0) is 0 Å². The van der Waals surface area contributed by atoms with Gasteiger partial charge >= 0.3 is 0 Å². The van der Waals surface area contributed by atoms with Crippen LogP contribution >= 0.6 is 27.5 Å². The second kappa shape index (κ2) is 5.86. The molecule has 4 aromatic rings. The second-order valence-corrected chi connectivity index (χ2v) is 6.71. The summed E-state index contributed by atoms with van der Waals surface area (Å²) in [5.74, 6) is 0. The highest BCUT2D eigenvalue weighted by molar-refractivity contribution is 9.10. The van der Waals surface area contributed by atoms with Gasteiger partial charge in [-0.1, -0.05) is 39.7 Å². The van der Waals surface area contributed by atoms with Crippen molar-refractivity contribution >= 4 is 49.3 Å². The SMILES string of the molecule is N#Cc1cc2cnc3ccc(Cl)cc3c2nc1-c1ccc(Br)cc1. The van der Waals surface area contributed by atoms with Crippen LogP contribution in [0.1, 0.15) is 5.56 Å². The highest BCUT2D eigenvalue weighted by Gasteiger charge is 2.12. The summed E-state index contributed by atoms with van der Waals surface area (Å²) in [4.78, 5) is 9.20. The number of nitrogens with zero attached hydrogens (tertiary/aromatic N) is 3. The summed E-state index contributed by atoms with van der Waals surface area (Å²) in [6, 6.07) is 17.3. The van der Waals surface area contributed by atoms with Crippen molar-refractivity contribution in [3.63, 3.8) is 0 Å². The van der Waals surface area contributed by atoms with Crippen LogP contribution in [0.4, 0.5) is 0 Å². The van der Waals surface area contributed by atoms with Gasteiger partial charge in [0, 0.05) is 32.0 Å². The summed E-state index contributed by atoms with van der Waals surface area (Å²) >= 11 is 9.56. The van der Waals surface area contributed by atoms with Gasteiger partial charge in [0.1, 0.15) is 6.07 Å². The molecule has 5 heteroatoms. The summed E-state index contributed by atoms with van der Waals surface area (Å²) in [6.45, 7) is 0. The van der Waals surface area contributed by atoms with Crippen LogP contribution < -0.4 is 0 Å². The summed E-state index contributed by atoms with van der Waals surface area (Å²) in [5, 5.41) is 11.8. The fourth-order valence-corrected chi connectivity index (χ4v) is 3.14. The fraction of sp³-hybridized carbons (Fsp3) is 0. The quantitative estimate of drug-likeness (QED) is 0.387. The van der Waals surface area contributed by atoms with Gasteiger partial charge in [0.25, 0.3) is 0 Å². The summed E-state index contributed by atoms with van der Waals surface area (Å²) in [5.41, 5.74) is 3.69. The van der Waals surface area contributed by atoms with Crippen molar-refractivity contribution in [2.45, 2.75) is 0 Å². The third kappa shape index (κ3) is 2.52. The minimum atomic E-state index is 0.521. The molecule has 4 rings (SSSR count). The number of benzene rings is 2. The Kier molecular flexibility index (Phi) is 3.68. The Morgan fingerprint density at radius 2 is 1.83 bits per heavy atom. The molecule has 0 aliphatic heterocycles. The molecular formula is C19H9BrClN3. The van der Waals surface area contributed by atoms with Crippen molar-refractivity contribution in [2.75, 3.05) is 0 Å². The molecule has 0 aliphatic rings. The molecule has 0 N–H and O–H groups in total. The summed E-state index contributed by atoms with van der Waals surface area (Å²) in [7, 11) is 0. The Morgan fingerprint density at radius 3 is 2.58 bits per heavy atom. The largest absolute Gasteiger partial charge is 0.255 e. The van der Waals surface area contributed by atoms with Gasteiger partial charge in [-0.15, -0.1) is 0 Å². The number of halogens is 2. The molecule has 0 aliphatic carbocycles. The van der Waals surface area contributed by atoms with E-state index < -0.39 is 0 Å². The maximum Gasteiger partial charge on any atom is 0.101 e. The first kappa shape index (κ1) is 15.1. The van der Waals surface area contributed by atoms with Crippen LogP contribution in [0, 0.1) is 11.3 Å². The van der Waals surface area contributed by atoms with E-state index in [1.807, 2.05) is 48.5 Å². The van der Waals surface area contributed by atoms with Crippen molar-refractivity contribution in [3.8, 4) is 17.3 Å². The number of nitriles is 1. The average Bonchev–Trinajstić information content (AvgIpc) is 2.61. The van der Waals surface area contributed by atoms with Crippen molar-refractivity contribution in [1.82, 2.24) is 9.97 Å². The van der Waals surface area contributed by atoms with E-state index in [-0.39, 0.29) is 0 Å². The normalized spacial score (nSPS) is 10.9. The molecule has 0 atom stereocenters. The Hall–Kier alpha value is -2.48. The first-order valence-electron chi connectivity index (χ1n) is 7.21. The molecule has 0 spiro atoms. The van der Waals surface area contributed by atoms with Gasteiger partial charge in [0.05, 0.1) is 22.3 Å². The standard InChI is InChI=1S/C19H9BrClN3/c20-14-3-1-11(2-4-14)18-12(9-22)7-13-10-23-17-6-5-15(21)8-16(17)19(13)24-18/h1-8,10H. The lowest BCUT2D eigenvalue weighted by Gasteiger charge is -2.08. The molecule has 0 saturated heterocycles. The smallest absolute Gasteiger partial charge is 0.101 e. The summed E-state index contributed by atoms with van der Waals surface area (Å²) in [6.07, 6.45) is 1.74. The highest BCUT2D eigenvalue weighted by atomic mass is 79.9. The molecule has 2 heterocycles. The molecule has 2 aromatic carbocycles. The Balaban J connectivity index is 2.09. The Labute approximate surface area is 151 Å². The molecule has 114 valence electrons. The van der Waals surface area contributed by atoms with E-state index in [9.17, 15) is 5.26 Å². The Bertz CT molecular complexity index is 1130. The van der Waals surface area contributed by atoms with Gasteiger partial charge in [0.15, 0.2) is 0 Å².